The maximum absolute atomic E-state index is 10.3. The van der Waals surface area contributed by atoms with Crippen LogP contribution < -0.4 is 5.32 Å². The second-order valence-electron chi connectivity index (χ2n) is 3.08. The van der Waals surface area contributed by atoms with Crippen LogP contribution in [0.15, 0.2) is 12.7 Å². The molecule has 80 valence electrons. The molecular formula is C9H15NO4. The highest BCUT2D eigenvalue weighted by Gasteiger charge is 2.28. The van der Waals surface area contributed by atoms with E-state index in [-0.39, 0.29) is 18.7 Å². The average molecular weight is 201 g/mol. The molecule has 1 aliphatic heterocycles. The molecule has 0 spiro atoms. The Morgan fingerprint density at radius 1 is 1.71 bits per heavy atom. The number of aliphatic carboxylic acids is 1. The van der Waals surface area contributed by atoms with Gasteiger partial charge in [0, 0.05) is 0 Å². The highest BCUT2D eigenvalue weighted by atomic mass is 16.5. The van der Waals surface area contributed by atoms with E-state index in [4.69, 9.17) is 14.6 Å². The van der Waals surface area contributed by atoms with E-state index in [1.165, 1.54) is 0 Å². The van der Waals surface area contributed by atoms with Crippen molar-refractivity contribution in [2.75, 3.05) is 26.4 Å². The van der Waals surface area contributed by atoms with Crippen LogP contribution in [0, 0.1) is 0 Å². The lowest BCUT2D eigenvalue weighted by Gasteiger charge is -2.17. The summed E-state index contributed by atoms with van der Waals surface area (Å²) in [5.41, 5.74) is 0. The zero-order valence-electron chi connectivity index (χ0n) is 7.94. The average Bonchev–Trinajstić information content (AvgIpc) is 2.58. The molecule has 1 aliphatic rings. The summed E-state index contributed by atoms with van der Waals surface area (Å²) in [4.78, 5) is 10.3. The van der Waals surface area contributed by atoms with Crippen LogP contribution in [0.25, 0.3) is 0 Å². The zero-order valence-corrected chi connectivity index (χ0v) is 7.94. The van der Waals surface area contributed by atoms with Crippen LogP contribution in [0.4, 0.5) is 0 Å². The normalized spacial score (nSPS) is 26.3. The van der Waals surface area contributed by atoms with Gasteiger partial charge < -0.3 is 14.6 Å². The van der Waals surface area contributed by atoms with Gasteiger partial charge in [-0.2, -0.15) is 0 Å². The monoisotopic (exact) mass is 201 g/mol. The largest absolute Gasteiger partial charge is 0.480 e. The van der Waals surface area contributed by atoms with E-state index in [1.807, 2.05) is 0 Å². The van der Waals surface area contributed by atoms with Gasteiger partial charge in [0.25, 0.3) is 0 Å². The molecule has 0 aromatic heterocycles. The molecule has 1 heterocycles. The molecule has 2 N–H and O–H groups in total. The third kappa shape index (κ3) is 3.45. The van der Waals surface area contributed by atoms with Crippen molar-refractivity contribution in [3.05, 3.63) is 12.7 Å². The lowest BCUT2D eigenvalue weighted by molar-refractivity contribution is -0.136. The summed E-state index contributed by atoms with van der Waals surface area (Å²) in [5.74, 6) is -0.876. The van der Waals surface area contributed by atoms with Gasteiger partial charge in [-0.05, 0) is 0 Å². The molecule has 0 aromatic rings. The third-order valence-corrected chi connectivity index (χ3v) is 1.97. The Morgan fingerprint density at radius 2 is 2.50 bits per heavy atom. The van der Waals surface area contributed by atoms with Crippen molar-refractivity contribution in [2.24, 2.45) is 0 Å². The van der Waals surface area contributed by atoms with Gasteiger partial charge in [-0.3, -0.25) is 10.1 Å². The molecular weight excluding hydrogens is 186 g/mol. The van der Waals surface area contributed by atoms with E-state index in [0.717, 1.165) is 0 Å². The molecule has 1 saturated heterocycles. The van der Waals surface area contributed by atoms with Gasteiger partial charge in [-0.15, -0.1) is 6.58 Å². The van der Waals surface area contributed by atoms with Gasteiger partial charge in [0.1, 0.15) is 0 Å². The molecule has 0 radical (unpaired) electrons. The molecule has 5 heteroatoms. The molecule has 5 nitrogen and oxygen atoms in total. The highest BCUT2D eigenvalue weighted by Crippen LogP contribution is 2.09. The first-order chi connectivity index (χ1) is 6.74. The third-order valence-electron chi connectivity index (χ3n) is 1.97. The molecule has 2 atom stereocenters. The van der Waals surface area contributed by atoms with Gasteiger partial charge in [0.2, 0.25) is 0 Å². The number of hydrogen-bond donors (Lipinski definition) is 2. The maximum atomic E-state index is 10.3. The van der Waals surface area contributed by atoms with E-state index in [0.29, 0.717) is 19.8 Å². The van der Waals surface area contributed by atoms with Crippen LogP contribution >= 0.6 is 0 Å². The van der Waals surface area contributed by atoms with Gasteiger partial charge in [-0.1, -0.05) is 6.08 Å². The van der Waals surface area contributed by atoms with Gasteiger partial charge in [-0.25, -0.2) is 0 Å². The second kappa shape index (κ2) is 5.74. The molecule has 14 heavy (non-hydrogen) atoms. The Morgan fingerprint density at radius 3 is 3.14 bits per heavy atom. The Bertz CT molecular complexity index is 207. The van der Waals surface area contributed by atoms with Crippen molar-refractivity contribution < 1.29 is 19.4 Å². The SMILES string of the molecule is C=CCO[C@H]1COC[C@@H]1NCC(=O)O. The van der Waals surface area contributed by atoms with Crippen molar-refractivity contribution in [1.29, 1.82) is 0 Å². The summed E-state index contributed by atoms with van der Waals surface area (Å²) in [6.45, 7) is 4.93. The number of hydrogen-bond acceptors (Lipinski definition) is 4. The van der Waals surface area contributed by atoms with Crippen LogP contribution in [0.2, 0.25) is 0 Å². The Hall–Kier alpha value is -0.910. The second-order valence-corrected chi connectivity index (χ2v) is 3.08. The molecule has 0 saturated carbocycles. The molecule has 1 rings (SSSR count). The molecule has 0 unspecified atom stereocenters. The number of ether oxygens (including phenoxy) is 2. The van der Waals surface area contributed by atoms with E-state index in [1.54, 1.807) is 6.08 Å². The first kappa shape index (κ1) is 11.2. The minimum atomic E-state index is -0.876. The Balaban J connectivity index is 2.27. The molecule has 0 amide bonds. The highest BCUT2D eigenvalue weighted by molar-refractivity contribution is 5.69. The summed E-state index contributed by atoms with van der Waals surface area (Å²) < 4.78 is 10.6. The maximum Gasteiger partial charge on any atom is 0.317 e. The minimum absolute atomic E-state index is 0.0361. The smallest absolute Gasteiger partial charge is 0.317 e. The van der Waals surface area contributed by atoms with Crippen LogP contribution in [0.1, 0.15) is 0 Å². The van der Waals surface area contributed by atoms with E-state index >= 15 is 0 Å². The van der Waals surface area contributed by atoms with E-state index in [9.17, 15) is 4.79 Å². The summed E-state index contributed by atoms with van der Waals surface area (Å²) in [6.07, 6.45) is 1.58. The molecule has 0 aliphatic carbocycles. The summed E-state index contributed by atoms with van der Waals surface area (Å²) >= 11 is 0. The standard InChI is InChI=1S/C9H15NO4/c1-2-3-14-8-6-13-5-7(8)10-4-9(11)12/h2,7-8,10H,1,3-6H2,(H,11,12)/t7-,8-/m0/s1. The van der Waals surface area contributed by atoms with Crippen LogP contribution in [0.3, 0.4) is 0 Å². The summed E-state index contributed by atoms with van der Waals surface area (Å²) in [6, 6.07) is -0.0361. The predicted octanol–water partition coefficient (Wildman–Crippen LogP) is -0.369. The van der Waals surface area contributed by atoms with Crippen LogP contribution in [-0.2, 0) is 14.3 Å². The fraction of sp³-hybridized carbons (Fsp3) is 0.667. The fourth-order valence-electron chi connectivity index (χ4n) is 1.30. The van der Waals surface area contributed by atoms with Crippen molar-refractivity contribution in [3.63, 3.8) is 0 Å². The van der Waals surface area contributed by atoms with Crippen LogP contribution in [-0.4, -0.2) is 49.6 Å². The zero-order chi connectivity index (χ0) is 10.4. The minimum Gasteiger partial charge on any atom is -0.480 e. The first-order valence-electron chi connectivity index (χ1n) is 4.49. The number of carbonyl (C=O) groups is 1. The van der Waals surface area contributed by atoms with Gasteiger partial charge >= 0.3 is 5.97 Å². The number of rotatable bonds is 6. The molecule has 0 bridgehead atoms. The lowest BCUT2D eigenvalue weighted by atomic mass is 10.2. The molecule has 0 aromatic carbocycles. The van der Waals surface area contributed by atoms with Crippen molar-refractivity contribution in [3.8, 4) is 0 Å². The van der Waals surface area contributed by atoms with Crippen LogP contribution in [0.5, 0.6) is 0 Å². The van der Waals surface area contributed by atoms with Crippen molar-refractivity contribution >= 4 is 5.97 Å². The lowest BCUT2D eigenvalue weighted by Crippen LogP contribution is -2.42. The predicted molar refractivity (Wildman–Crippen MR) is 50.2 cm³/mol. The fourth-order valence-corrected chi connectivity index (χ4v) is 1.30. The number of nitrogens with one attached hydrogen (secondary N) is 1. The van der Waals surface area contributed by atoms with E-state index in [2.05, 4.69) is 11.9 Å². The Kier molecular flexibility index (Phi) is 4.58. The van der Waals surface area contributed by atoms with E-state index < -0.39 is 5.97 Å². The quantitative estimate of drug-likeness (QED) is 0.574. The summed E-state index contributed by atoms with van der Waals surface area (Å²) in [7, 11) is 0. The molecule has 1 fully saturated rings. The van der Waals surface area contributed by atoms with Crippen molar-refractivity contribution in [1.82, 2.24) is 5.32 Å². The topological polar surface area (TPSA) is 67.8 Å². The van der Waals surface area contributed by atoms with Crippen molar-refractivity contribution in [2.45, 2.75) is 12.1 Å². The number of carboxylic acid groups (broad SMARTS) is 1. The van der Waals surface area contributed by atoms with Gasteiger partial charge in [0.15, 0.2) is 0 Å². The Labute approximate surface area is 82.7 Å². The first-order valence-corrected chi connectivity index (χ1v) is 4.49. The van der Waals surface area contributed by atoms with Gasteiger partial charge in [0.05, 0.1) is 38.5 Å². The summed E-state index contributed by atoms with van der Waals surface area (Å²) in [5, 5.41) is 11.3. The number of carboxylic acids is 1.